The molecule has 0 saturated heterocycles. The molecule has 0 aromatic rings. The van der Waals surface area contributed by atoms with E-state index in [2.05, 4.69) is 26.8 Å². The Hall–Kier alpha value is -1.09. The molecule has 4 aliphatic rings. The van der Waals surface area contributed by atoms with Gasteiger partial charge in [-0.15, -0.1) is 0 Å². The molecule has 0 aliphatic heterocycles. The van der Waals surface area contributed by atoms with Gasteiger partial charge in [0, 0.05) is 23.8 Å². The predicted molar refractivity (Wildman–Crippen MR) is 106 cm³/mol. The SMILES string of the molecule is CC[C@@]1(OC(C)=O)CCC2C3C=C(Cl)C4=CC(=O)CC[C@]4(C)C3CC[C@@]21C. The van der Waals surface area contributed by atoms with E-state index in [0.29, 0.717) is 24.2 Å². The van der Waals surface area contributed by atoms with Crippen LogP contribution >= 0.6 is 11.6 Å². The molecule has 4 heteroatoms. The highest BCUT2D eigenvalue weighted by molar-refractivity contribution is 6.32. The van der Waals surface area contributed by atoms with Crippen LogP contribution in [-0.4, -0.2) is 17.4 Å². The Balaban J connectivity index is 1.76. The molecule has 3 unspecified atom stereocenters. The molecule has 0 bridgehead atoms. The molecule has 0 heterocycles. The molecule has 0 amide bonds. The van der Waals surface area contributed by atoms with Gasteiger partial charge in [0.25, 0.3) is 0 Å². The van der Waals surface area contributed by atoms with E-state index in [1.165, 1.54) is 6.92 Å². The predicted octanol–water partition coefficient (Wildman–Crippen LogP) is 5.57. The zero-order valence-corrected chi connectivity index (χ0v) is 17.7. The summed E-state index contributed by atoms with van der Waals surface area (Å²) in [6.07, 6.45) is 10.6. The first-order chi connectivity index (χ1) is 12.7. The van der Waals surface area contributed by atoms with Gasteiger partial charge >= 0.3 is 5.97 Å². The molecule has 2 fully saturated rings. The molecule has 0 aromatic heterocycles. The summed E-state index contributed by atoms with van der Waals surface area (Å²) in [4.78, 5) is 23.9. The van der Waals surface area contributed by atoms with E-state index in [4.69, 9.17) is 16.3 Å². The van der Waals surface area contributed by atoms with Crippen LogP contribution in [0.4, 0.5) is 0 Å². The topological polar surface area (TPSA) is 43.4 Å². The molecule has 2 saturated carbocycles. The fourth-order valence-electron chi connectivity index (χ4n) is 7.26. The van der Waals surface area contributed by atoms with Gasteiger partial charge in [0.1, 0.15) is 5.60 Å². The van der Waals surface area contributed by atoms with E-state index >= 15 is 0 Å². The van der Waals surface area contributed by atoms with Gasteiger partial charge in [-0.1, -0.05) is 38.4 Å². The van der Waals surface area contributed by atoms with Gasteiger partial charge in [-0.05, 0) is 73.3 Å². The van der Waals surface area contributed by atoms with Crippen LogP contribution in [0.15, 0.2) is 22.8 Å². The Kier molecular flexibility index (Phi) is 4.42. The number of hydrogen-bond acceptors (Lipinski definition) is 3. The summed E-state index contributed by atoms with van der Waals surface area (Å²) in [5.74, 6) is 1.42. The van der Waals surface area contributed by atoms with Crippen molar-refractivity contribution in [3.8, 4) is 0 Å². The number of ketones is 1. The smallest absolute Gasteiger partial charge is 0.303 e. The number of halogens is 1. The number of hydrogen-bond donors (Lipinski definition) is 0. The fraction of sp³-hybridized carbons (Fsp3) is 0.739. The second kappa shape index (κ2) is 6.20. The third-order valence-electron chi connectivity index (χ3n) is 8.76. The molecule has 6 atom stereocenters. The van der Waals surface area contributed by atoms with E-state index in [0.717, 1.165) is 49.1 Å². The van der Waals surface area contributed by atoms with Crippen molar-refractivity contribution in [2.75, 3.05) is 0 Å². The Morgan fingerprint density at radius 1 is 1.22 bits per heavy atom. The summed E-state index contributed by atoms with van der Waals surface area (Å²) in [5.41, 5.74) is 0.688. The van der Waals surface area contributed by atoms with E-state index in [9.17, 15) is 9.59 Å². The molecule has 0 aromatic carbocycles. The Morgan fingerprint density at radius 2 is 1.93 bits per heavy atom. The van der Waals surface area contributed by atoms with Gasteiger partial charge in [-0.25, -0.2) is 0 Å². The second-order valence-corrected chi connectivity index (χ2v) is 10.1. The average molecular weight is 391 g/mol. The van der Waals surface area contributed by atoms with Crippen LogP contribution in [-0.2, 0) is 14.3 Å². The summed E-state index contributed by atoms with van der Waals surface area (Å²) in [5, 5.41) is 0.775. The van der Waals surface area contributed by atoms with Crippen LogP contribution in [0, 0.1) is 28.6 Å². The highest BCUT2D eigenvalue weighted by Gasteiger charge is 2.65. The summed E-state index contributed by atoms with van der Waals surface area (Å²) in [6, 6.07) is 0. The molecular formula is C23H31ClO3. The maximum Gasteiger partial charge on any atom is 0.303 e. The molecular weight excluding hydrogens is 360 g/mol. The quantitative estimate of drug-likeness (QED) is 0.578. The van der Waals surface area contributed by atoms with Crippen LogP contribution < -0.4 is 0 Å². The van der Waals surface area contributed by atoms with Gasteiger partial charge < -0.3 is 4.74 Å². The van der Waals surface area contributed by atoms with Crippen molar-refractivity contribution in [3.63, 3.8) is 0 Å². The molecule has 0 radical (unpaired) electrons. The van der Waals surface area contributed by atoms with Crippen molar-refractivity contribution in [1.82, 2.24) is 0 Å². The number of carbonyl (C=O) groups excluding carboxylic acids is 2. The van der Waals surface area contributed by atoms with Gasteiger partial charge in [0.2, 0.25) is 0 Å². The lowest BCUT2D eigenvalue weighted by atomic mass is 9.48. The number of esters is 1. The molecule has 4 rings (SSSR count). The third kappa shape index (κ3) is 2.53. The summed E-state index contributed by atoms with van der Waals surface area (Å²) in [7, 11) is 0. The summed E-state index contributed by atoms with van der Waals surface area (Å²) in [6.45, 7) is 8.34. The van der Waals surface area contributed by atoms with Crippen molar-refractivity contribution in [2.24, 2.45) is 28.6 Å². The minimum absolute atomic E-state index is 0.00929. The molecule has 0 spiro atoms. The minimum Gasteiger partial charge on any atom is -0.459 e. The first kappa shape index (κ1) is 19.2. The molecule has 27 heavy (non-hydrogen) atoms. The zero-order chi connectivity index (χ0) is 19.6. The number of ether oxygens (including phenoxy) is 1. The van der Waals surface area contributed by atoms with Crippen molar-refractivity contribution >= 4 is 23.4 Å². The maximum atomic E-state index is 12.0. The van der Waals surface area contributed by atoms with Crippen molar-refractivity contribution in [1.29, 1.82) is 0 Å². The fourth-order valence-corrected chi connectivity index (χ4v) is 7.68. The normalized spacial score (nSPS) is 46.0. The van der Waals surface area contributed by atoms with Crippen LogP contribution in [0.5, 0.6) is 0 Å². The lowest BCUT2D eigenvalue weighted by Crippen LogP contribution is -2.55. The largest absolute Gasteiger partial charge is 0.459 e. The van der Waals surface area contributed by atoms with E-state index in [-0.39, 0.29) is 28.2 Å². The number of carbonyl (C=O) groups is 2. The zero-order valence-electron chi connectivity index (χ0n) is 16.9. The highest BCUT2D eigenvalue weighted by atomic mass is 35.5. The molecule has 3 nitrogen and oxygen atoms in total. The average Bonchev–Trinajstić information content (AvgIpc) is 2.89. The second-order valence-electron chi connectivity index (χ2n) is 9.68. The summed E-state index contributed by atoms with van der Waals surface area (Å²) >= 11 is 6.75. The summed E-state index contributed by atoms with van der Waals surface area (Å²) < 4.78 is 6.02. The lowest BCUT2D eigenvalue weighted by molar-refractivity contribution is -0.180. The molecule has 4 aliphatic carbocycles. The van der Waals surface area contributed by atoms with Gasteiger partial charge in [-0.2, -0.15) is 0 Å². The number of allylic oxidation sites excluding steroid dienone is 4. The van der Waals surface area contributed by atoms with Gasteiger partial charge in [0.15, 0.2) is 5.78 Å². The van der Waals surface area contributed by atoms with Crippen LogP contribution in [0.2, 0.25) is 0 Å². The van der Waals surface area contributed by atoms with Gasteiger partial charge in [-0.3, -0.25) is 9.59 Å². The molecule has 0 N–H and O–H groups in total. The number of fused-ring (bicyclic) bond motifs is 5. The lowest BCUT2D eigenvalue weighted by Gasteiger charge is -2.58. The van der Waals surface area contributed by atoms with E-state index < -0.39 is 0 Å². The number of rotatable bonds is 2. The Labute approximate surface area is 167 Å². The first-order valence-corrected chi connectivity index (χ1v) is 10.9. The van der Waals surface area contributed by atoms with E-state index in [1.807, 2.05) is 0 Å². The van der Waals surface area contributed by atoms with Gasteiger partial charge in [0.05, 0.1) is 0 Å². The maximum absolute atomic E-state index is 12.0. The van der Waals surface area contributed by atoms with E-state index in [1.54, 1.807) is 6.08 Å². The van der Waals surface area contributed by atoms with Crippen molar-refractivity contribution in [3.05, 3.63) is 22.8 Å². The highest BCUT2D eigenvalue weighted by Crippen LogP contribution is 2.68. The van der Waals surface area contributed by atoms with Crippen molar-refractivity contribution in [2.45, 2.75) is 78.2 Å². The van der Waals surface area contributed by atoms with Crippen LogP contribution in [0.25, 0.3) is 0 Å². The van der Waals surface area contributed by atoms with Crippen molar-refractivity contribution < 1.29 is 14.3 Å². The monoisotopic (exact) mass is 390 g/mol. The minimum atomic E-state index is -0.353. The third-order valence-corrected chi connectivity index (χ3v) is 9.09. The van der Waals surface area contributed by atoms with Crippen LogP contribution in [0.1, 0.15) is 72.6 Å². The first-order valence-electron chi connectivity index (χ1n) is 10.5. The Bertz CT molecular complexity index is 753. The molecule has 148 valence electrons. The Morgan fingerprint density at radius 3 is 2.59 bits per heavy atom. The standard InChI is InChI=1S/C23H31ClO3/c1-5-23(27-14(2)25)11-8-18-16-13-20(24)19-12-15(26)6-9-21(19,3)17(16)7-10-22(18,23)4/h12-13,16-18H,5-11H2,1-4H3/t16?,17?,18?,21-,22+,23-/m1/s1. The van der Waals surface area contributed by atoms with Crippen LogP contribution in [0.3, 0.4) is 0 Å².